The molecule has 5 nitrogen and oxygen atoms in total. The first kappa shape index (κ1) is 11.8. The van der Waals surface area contributed by atoms with Gasteiger partial charge in [-0.2, -0.15) is 21.1 Å². The van der Waals surface area contributed by atoms with E-state index in [1.165, 1.54) is 11.3 Å². The molecular formula is C8H12N5S2. The molecule has 7 heteroatoms. The fourth-order valence-electron chi connectivity index (χ4n) is 0.875. The summed E-state index contributed by atoms with van der Waals surface area (Å²) >= 11 is 1.41. The summed E-state index contributed by atoms with van der Waals surface area (Å²) in [6.45, 7) is 0. The highest BCUT2D eigenvalue weighted by Gasteiger charge is 2.07. The number of hydrogen-bond donors (Lipinski definition) is 2. The van der Waals surface area contributed by atoms with Crippen LogP contribution in [0.5, 0.6) is 0 Å². The van der Waals surface area contributed by atoms with E-state index >= 15 is 0 Å². The summed E-state index contributed by atoms with van der Waals surface area (Å²) in [7, 11) is -0.00137. The van der Waals surface area contributed by atoms with E-state index in [-0.39, 0.29) is 16.9 Å². The zero-order chi connectivity index (χ0) is 11.3. The lowest BCUT2D eigenvalue weighted by Crippen LogP contribution is -2.21. The van der Waals surface area contributed by atoms with E-state index in [1.54, 1.807) is 0 Å². The predicted molar refractivity (Wildman–Crippen MR) is 64.5 cm³/mol. The molecule has 0 saturated heterocycles. The highest BCUT2D eigenvalue weighted by Crippen LogP contribution is 2.35. The quantitative estimate of drug-likeness (QED) is 0.612. The Balaban J connectivity index is 2.68. The smallest absolute Gasteiger partial charge is 0.213 e. The van der Waals surface area contributed by atoms with E-state index in [9.17, 15) is 0 Å². The van der Waals surface area contributed by atoms with Gasteiger partial charge in [-0.25, -0.2) is 4.98 Å². The Labute approximate surface area is 95.2 Å². The van der Waals surface area contributed by atoms with Gasteiger partial charge >= 0.3 is 0 Å². The summed E-state index contributed by atoms with van der Waals surface area (Å²) in [5.41, 5.74) is 10.5. The maximum atomic E-state index is 8.47. The molecule has 0 fully saturated rings. The summed E-state index contributed by atoms with van der Waals surface area (Å²) in [4.78, 5) is 8.14. The first-order chi connectivity index (χ1) is 7.13. The summed E-state index contributed by atoms with van der Waals surface area (Å²) in [5, 5.41) is 11.9. The minimum Gasteiger partial charge on any atom is -0.370 e. The average molecular weight is 242 g/mol. The number of nitriles is 1. The molecule has 0 aromatic carbocycles. The van der Waals surface area contributed by atoms with Gasteiger partial charge in [0.15, 0.2) is 5.96 Å². The highest BCUT2D eigenvalue weighted by molar-refractivity contribution is 8.16. The van der Waals surface area contributed by atoms with Gasteiger partial charge in [-0.05, 0) is 6.26 Å². The Hall–Kier alpha value is -1.26. The fraction of sp³-hybridized carbons (Fsp3) is 0.375. The molecule has 1 aromatic rings. The molecule has 1 radical (unpaired) electrons. The third kappa shape index (κ3) is 3.77. The minimum absolute atomic E-state index is 0.00137. The Morgan fingerprint density at radius 1 is 1.73 bits per heavy atom. The number of aliphatic imine (C=N–C) groups is 1. The average Bonchev–Trinajstić information content (AvgIpc) is 2.61. The maximum Gasteiger partial charge on any atom is 0.213 e. The van der Waals surface area contributed by atoms with Gasteiger partial charge in [0.25, 0.3) is 0 Å². The molecule has 81 valence electrons. The first-order valence-corrected chi connectivity index (χ1v) is 6.86. The number of guanidine groups is 1. The first-order valence-electron chi connectivity index (χ1n) is 4.18. The monoisotopic (exact) mass is 242 g/mol. The zero-order valence-corrected chi connectivity index (χ0v) is 9.94. The lowest BCUT2D eigenvalue weighted by atomic mass is 10.6. The van der Waals surface area contributed by atoms with Gasteiger partial charge in [0, 0.05) is 17.6 Å². The molecular weight excluding hydrogens is 230 g/mol. The number of aromatic nitrogens is 1. The molecule has 15 heavy (non-hydrogen) atoms. The van der Waals surface area contributed by atoms with E-state index in [4.69, 9.17) is 16.7 Å². The predicted octanol–water partition coefficient (Wildman–Crippen LogP) is 1.22. The third-order valence-electron chi connectivity index (χ3n) is 1.57. The van der Waals surface area contributed by atoms with Crippen molar-refractivity contribution in [1.29, 1.82) is 5.26 Å². The van der Waals surface area contributed by atoms with Crippen molar-refractivity contribution in [3.8, 4) is 6.07 Å². The SMILES string of the molecule is C[S](CCC#N)c1csc(N=C(N)N)n1. The molecule has 0 aliphatic rings. The van der Waals surface area contributed by atoms with Crippen molar-refractivity contribution >= 4 is 33.3 Å². The van der Waals surface area contributed by atoms with Crippen LogP contribution in [0.15, 0.2) is 15.4 Å². The van der Waals surface area contributed by atoms with Crippen molar-refractivity contribution < 1.29 is 0 Å². The molecule has 0 spiro atoms. The molecule has 0 bridgehead atoms. The molecule has 0 aliphatic heterocycles. The van der Waals surface area contributed by atoms with E-state index in [0.717, 1.165) is 10.8 Å². The van der Waals surface area contributed by atoms with Crippen molar-refractivity contribution in [3.63, 3.8) is 0 Å². The lowest BCUT2D eigenvalue weighted by molar-refractivity contribution is 1.15. The number of thiazole rings is 1. The van der Waals surface area contributed by atoms with Crippen LogP contribution in [-0.2, 0) is 0 Å². The number of hydrogen-bond acceptors (Lipinski definition) is 4. The molecule has 1 heterocycles. The number of nitrogens with two attached hydrogens (primary N) is 2. The summed E-state index contributed by atoms with van der Waals surface area (Å²) < 4.78 is 0. The van der Waals surface area contributed by atoms with Crippen LogP contribution in [0.4, 0.5) is 5.13 Å². The van der Waals surface area contributed by atoms with Crippen LogP contribution in [-0.4, -0.2) is 23.0 Å². The highest BCUT2D eigenvalue weighted by atomic mass is 32.2. The summed E-state index contributed by atoms with van der Waals surface area (Å²) in [6.07, 6.45) is 2.61. The van der Waals surface area contributed by atoms with Crippen LogP contribution in [0.2, 0.25) is 0 Å². The van der Waals surface area contributed by atoms with Gasteiger partial charge < -0.3 is 11.5 Å². The van der Waals surface area contributed by atoms with E-state index in [0.29, 0.717) is 11.6 Å². The molecule has 0 amide bonds. The third-order valence-corrected chi connectivity index (χ3v) is 4.20. The zero-order valence-electron chi connectivity index (χ0n) is 8.30. The van der Waals surface area contributed by atoms with Crippen LogP contribution in [0.25, 0.3) is 0 Å². The Kier molecular flexibility index (Phi) is 4.39. The lowest BCUT2D eigenvalue weighted by Gasteiger charge is -2.07. The molecule has 4 N–H and O–H groups in total. The van der Waals surface area contributed by atoms with Gasteiger partial charge in [-0.15, -0.1) is 11.3 Å². The second-order valence-corrected chi connectivity index (χ2v) is 5.69. The molecule has 1 rings (SSSR count). The number of nitrogens with zero attached hydrogens (tertiary/aromatic N) is 3. The topological polar surface area (TPSA) is 101 Å². The minimum atomic E-state index is -0.00137. The summed E-state index contributed by atoms with van der Waals surface area (Å²) in [6, 6.07) is 2.12. The van der Waals surface area contributed by atoms with Crippen LogP contribution < -0.4 is 11.5 Å². The van der Waals surface area contributed by atoms with Crippen molar-refractivity contribution in [2.24, 2.45) is 16.5 Å². The Morgan fingerprint density at radius 2 is 2.47 bits per heavy atom. The standard InChI is InChI=1S/C8H12N5S2/c1-15(4-2-3-9)6-5-14-8(12-6)13-7(10)11/h5H,2,4H2,1H3,(H4,10,11,12,13). The van der Waals surface area contributed by atoms with Gasteiger partial charge in [0.2, 0.25) is 5.13 Å². The molecule has 1 aromatic heterocycles. The molecule has 0 aliphatic carbocycles. The molecule has 0 atom stereocenters. The largest absolute Gasteiger partial charge is 0.370 e. The van der Waals surface area contributed by atoms with E-state index in [2.05, 4.69) is 22.3 Å². The molecule has 0 saturated carbocycles. The van der Waals surface area contributed by atoms with Crippen molar-refractivity contribution in [1.82, 2.24) is 4.98 Å². The van der Waals surface area contributed by atoms with Gasteiger partial charge in [0.1, 0.15) is 0 Å². The van der Waals surface area contributed by atoms with Crippen LogP contribution >= 0.6 is 22.2 Å². The summed E-state index contributed by atoms with van der Waals surface area (Å²) in [5.74, 6) is 0.852. The Bertz CT molecular complexity index is 388. The van der Waals surface area contributed by atoms with E-state index in [1.807, 2.05) is 5.38 Å². The van der Waals surface area contributed by atoms with Crippen molar-refractivity contribution in [2.75, 3.05) is 12.0 Å². The van der Waals surface area contributed by atoms with E-state index < -0.39 is 0 Å². The normalized spacial score (nSPS) is 9.93. The van der Waals surface area contributed by atoms with Crippen molar-refractivity contribution in [3.05, 3.63) is 5.38 Å². The number of rotatable bonds is 4. The van der Waals surface area contributed by atoms with Crippen LogP contribution in [0, 0.1) is 11.3 Å². The van der Waals surface area contributed by atoms with Crippen LogP contribution in [0.3, 0.4) is 0 Å². The van der Waals surface area contributed by atoms with Crippen molar-refractivity contribution in [2.45, 2.75) is 11.4 Å². The Morgan fingerprint density at radius 3 is 3.07 bits per heavy atom. The second kappa shape index (κ2) is 5.58. The fourth-order valence-corrected chi connectivity index (χ4v) is 3.15. The van der Waals surface area contributed by atoms with Gasteiger partial charge in [-0.3, -0.25) is 0 Å². The van der Waals surface area contributed by atoms with Gasteiger partial charge in [0.05, 0.1) is 11.1 Å². The van der Waals surface area contributed by atoms with Gasteiger partial charge in [-0.1, -0.05) is 0 Å². The van der Waals surface area contributed by atoms with Crippen LogP contribution in [0.1, 0.15) is 6.42 Å². The molecule has 0 unspecified atom stereocenters. The second-order valence-electron chi connectivity index (χ2n) is 2.75. The maximum absolute atomic E-state index is 8.47.